The third kappa shape index (κ3) is 3.68. The van der Waals surface area contributed by atoms with Crippen molar-refractivity contribution in [1.29, 1.82) is 0 Å². The first-order valence-electron chi connectivity index (χ1n) is 7.44. The van der Waals surface area contributed by atoms with Crippen molar-refractivity contribution in [3.05, 3.63) is 53.4 Å². The summed E-state index contributed by atoms with van der Waals surface area (Å²) in [5.74, 6) is 0.542. The summed E-state index contributed by atoms with van der Waals surface area (Å²) in [6, 6.07) is 14.2. The average Bonchev–Trinajstić information content (AvgIpc) is 3.25. The number of carbonyl (C=O) groups is 1. The number of hydrogen-bond acceptors (Lipinski definition) is 6. The van der Waals surface area contributed by atoms with Gasteiger partial charge in [-0.15, -0.1) is 21.5 Å². The van der Waals surface area contributed by atoms with E-state index in [9.17, 15) is 4.79 Å². The lowest BCUT2D eigenvalue weighted by Crippen LogP contribution is -2.16. The van der Waals surface area contributed by atoms with Crippen LogP contribution in [-0.4, -0.2) is 33.1 Å². The standard InChI is InChI=1S/C17H17N3O2S2/c1-12(16(21)22-2)24-17-19-18-15(14-9-6-10-23-14)20(17)11-13-7-4-3-5-8-13/h3-10,12H,11H2,1-2H3. The van der Waals surface area contributed by atoms with Crippen LogP contribution in [0, 0.1) is 0 Å². The fourth-order valence-electron chi connectivity index (χ4n) is 2.24. The Bertz CT molecular complexity index is 801. The highest BCUT2D eigenvalue weighted by Gasteiger charge is 2.21. The number of benzene rings is 1. The van der Waals surface area contributed by atoms with Gasteiger partial charge in [-0.25, -0.2) is 0 Å². The molecule has 1 aromatic carbocycles. The van der Waals surface area contributed by atoms with Gasteiger partial charge in [0.1, 0.15) is 5.25 Å². The highest BCUT2D eigenvalue weighted by Crippen LogP contribution is 2.30. The van der Waals surface area contributed by atoms with E-state index < -0.39 is 0 Å². The largest absolute Gasteiger partial charge is 0.468 e. The van der Waals surface area contributed by atoms with Gasteiger partial charge in [0.2, 0.25) is 0 Å². The molecule has 0 amide bonds. The molecular formula is C17H17N3O2S2. The first-order chi connectivity index (χ1) is 11.7. The normalized spacial score (nSPS) is 12.1. The number of aromatic nitrogens is 3. The molecular weight excluding hydrogens is 342 g/mol. The SMILES string of the molecule is COC(=O)C(C)Sc1nnc(-c2cccs2)n1Cc1ccccc1. The van der Waals surface area contributed by atoms with E-state index in [4.69, 9.17) is 4.74 Å². The minimum Gasteiger partial charge on any atom is -0.468 e. The molecule has 0 aliphatic heterocycles. The molecule has 0 N–H and O–H groups in total. The number of hydrogen-bond donors (Lipinski definition) is 0. The Hall–Kier alpha value is -2.12. The molecule has 0 saturated heterocycles. The minimum absolute atomic E-state index is 0.271. The summed E-state index contributed by atoms with van der Waals surface area (Å²) in [5, 5.41) is 11.0. The number of nitrogens with zero attached hydrogens (tertiary/aromatic N) is 3. The predicted octanol–water partition coefficient (Wildman–Crippen LogP) is 3.71. The van der Waals surface area contributed by atoms with Crippen molar-refractivity contribution >= 4 is 29.1 Å². The smallest absolute Gasteiger partial charge is 0.318 e. The number of thioether (sulfide) groups is 1. The fraction of sp³-hybridized carbons (Fsp3) is 0.235. The Morgan fingerprint density at radius 3 is 2.71 bits per heavy atom. The summed E-state index contributed by atoms with van der Waals surface area (Å²) >= 11 is 2.98. The maximum Gasteiger partial charge on any atom is 0.318 e. The molecule has 1 atom stereocenters. The third-order valence-corrected chi connectivity index (χ3v) is 5.38. The van der Waals surface area contributed by atoms with Gasteiger partial charge in [-0.3, -0.25) is 9.36 Å². The van der Waals surface area contributed by atoms with E-state index in [1.54, 1.807) is 11.3 Å². The van der Waals surface area contributed by atoms with Gasteiger partial charge in [0.05, 0.1) is 18.5 Å². The lowest BCUT2D eigenvalue weighted by Gasteiger charge is -2.12. The van der Waals surface area contributed by atoms with Gasteiger partial charge < -0.3 is 4.74 Å². The van der Waals surface area contributed by atoms with Crippen molar-refractivity contribution in [2.24, 2.45) is 0 Å². The molecule has 5 nitrogen and oxygen atoms in total. The lowest BCUT2D eigenvalue weighted by molar-refractivity contribution is -0.139. The maximum atomic E-state index is 11.7. The molecule has 3 rings (SSSR count). The minimum atomic E-state index is -0.343. The van der Waals surface area contributed by atoms with Crippen LogP contribution in [0.4, 0.5) is 0 Å². The molecule has 3 aromatic rings. The van der Waals surface area contributed by atoms with Crippen LogP contribution in [0.2, 0.25) is 0 Å². The summed E-state index contributed by atoms with van der Waals surface area (Å²) < 4.78 is 6.85. The second kappa shape index (κ2) is 7.63. The number of methoxy groups -OCH3 is 1. The van der Waals surface area contributed by atoms with E-state index in [1.165, 1.54) is 18.9 Å². The van der Waals surface area contributed by atoms with Crippen LogP contribution in [0.1, 0.15) is 12.5 Å². The molecule has 0 aliphatic carbocycles. The Kier molecular flexibility index (Phi) is 5.32. The van der Waals surface area contributed by atoms with E-state index in [0.717, 1.165) is 16.3 Å². The van der Waals surface area contributed by atoms with E-state index in [-0.39, 0.29) is 11.2 Å². The average molecular weight is 359 g/mol. The third-order valence-electron chi connectivity index (χ3n) is 3.46. The van der Waals surface area contributed by atoms with Gasteiger partial charge in [-0.2, -0.15) is 0 Å². The van der Waals surface area contributed by atoms with Gasteiger partial charge in [0, 0.05) is 0 Å². The molecule has 0 spiro atoms. The van der Waals surface area contributed by atoms with Crippen LogP contribution in [0.3, 0.4) is 0 Å². The highest BCUT2D eigenvalue weighted by atomic mass is 32.2. The Balaban J connectivity index is 1.95. The van der Waals surface area contributed by atoms with Crippen LogP contribution >= 0.6 is 23.1 Å². The number of carbonyl (C=O) groups excluding carboxylic acids is 1. The van der Waals surface area contributed by atoms with Crippen molar-refractivity contribution in [3.8, 4) is 10.7 Å². The number of rotatable bonds is 6. The van der Waals surface area contributed by atoms with Crippen LogP contribution in [-0.2, 0) is 16.1 Å². The zero-order valence-electron chi connectivity index (χ0n) is 13.4. The Morgan fingerprint density at radius 1 is 1.25 bits per heavy atom. The van der Waals surface area contributed by atoms with E-state index in [1.807, 2.05) is 47.2 Å². The van der Waals surface area contributed by atoms with Crippen molar-refractivity contribution in [2.45, 2.75) is 23.9 Å². The molecule has 0 aliphatic rings. The van der Waals surface area contributed by atoms with E-state index >= 15 is 0 Å². The molecule has 0 fully saturated rings. The van der Waals surface area contributed by atoms with Gasteiger partial charge in [-0.1, -0.05) is 48.2 Å². The van der Waals surface area contributed by atoms with Crippen molar-refractivity contribution in [2.75, 3.05) is 7.11 Å². The molecule has 0 saturated carbocycles. The maximum absolute atomic E-state index is 11.7. The Labute approximate surface area is 148 Å². The van der Waals surface area contributed by atoms with Crippen LogP contribution in [0.5, 0.6) is 0 Å². The quantitative estimate of drug-likeness (QED) is 0.496. The van der Waals surface area contributed by atoms with Crippen molar-refractivity contribution in [1.82, 2.24) is 14.8 Å². The van der Waals surface area contributed by atoms with Crippen LogP contribution in [0.25, 0.3) is 10.7 Å². The Morgan fingerprint density at radius 2 is 2.04 bits per heavy atom. The zero-order chi connectivity index (χ0) is 16.9. The predicted molar refractivity (Wildman–Crippen MR) is 96.2 cm³/mol. The molecule has 2 aromatic heterocycles. The summed E-state index contributed by atoms with van der Waals surface area (Å²) in [5.41, 5.74) is 1.16. The van der Waals surface area contributed by atoms with Gasteiger partial charge >= 0.3 is 5.97 Å². The number of esters is 1. The zero-order valence-corrected chi connectivity index (χ0v) is 15.0. The summed E-state index contributed by atoms with van der Waals surface area (Å²) in [6.07, 6.45) is 0. The molecule has 0 bridgehead atoms. The van der Waals surface area contributed by atoms with Gasteiger partial charge in [-0.05, 0) is 23.9 Å². The van der Waals surface area contributed by atoms with Gasteiger partial charge in [0.25, 0.3) is 0 Å². The molecule has 124 valence electrons. The molecule has 24 heavy (non-hydrogen) atoms. The van der Waals surface area contributed by atoms with Crippen molar-refractivity contribution < 1.29 is 9.53 Å². The first kappa shape index (κ1) is 16.7. The fourth-order valence-corrected chi connectivity index (χ4v) is 3.84. The lowest BCUT2D eigenvalue weighted by atomic mass is 10.2. The first-order valence-corrected chi connectivity index (χ1v) is 9.20. The van der Waals surface area contributed by atoms with E-state index in [2.05, 4.69) is 22.3 Å². The van der Waals surface area contributed by atoms with Gasteiger partial charge in [0.15, 0.2) is 11.0 Å². The van der Waals surface area contributed by atoms with Crippen molar-refractivity contribution in [3.63, 3.8) is 0 Å². The molecule has 0 radical (unpaired) electrons. The number of ether oxygens (including phenoxy) is 1. The van der Waals surface area contributed by atoms with Crippen LogP contribution in [0.15, 0.2) is 53.0 Å². The second-order valence-corrected chi connectivity index (χ2v) is 7.39. The van der Waals surface area contributed by atoms with E-state index in [0.29, 0.717) is 11.7 Å². The monoisotopic (exact) mass is 359 g/mol. The molecule has 2 heterocycles. The number of thiophene rings is 1. The summed E-state index contributed by atoms with van der Waals surface area (Å²) in [6.45, 7) is 2.46. The second-order valence-electron chi connectivity index (χ2n) is 5.14. The molecule has 7 heteroatoms. The summed E-state index contributed by atoms with van der Waals surface area (Å²) in [7, 11) is 1.39. The summed E-state index contributed by atoms with van der Waals surface area (Å²) in [4.78, 5) is 12.8. The molecule has 1 unspecified atom stereocenters. The van der Waals surface area contributed by atoms with Crippen LogP contribution < -0.4 is 0 Å². The topological polar surface area (TPSA) is 57.0 Å². The highest BCUT2D eigenvalue weighted by molar-refractivity contribution is 8.00.